The molecule has 3 radical (unpaired) electrons. The van der Waals surface area contributed by atoms with Crippen molar-refractivity contribution in [2.24, 2.45) is 0 Å². The molecular formula is C68H123BClF2N10Na2O11Si2. The Bertz CT molecular complexity index is 2980. The number of nitrogens with zero attached hydrogens (tertiary/aromatic N) is 9. The maximum atomic E-state index is 12.8. The van der Waals surface area contributed by atoms with E-state index in [1.807, 2.05) is 84.8 Å². The van der Waals surface area contributed by atoms with Crippen LogP contribution in [0.3, 0.4) is 0 Å². The molecule has 5 heterocycles. The van der Waals surface area contributed by atoms with Crippen LogP contribution in [0.15, 0.2) is 79.5 Å². The first-order chi connectivity index (χ1) is 41.9. The largest absolute Gasteiger partial charge is 1.00 e. The van der Waals surface area contributed by atoms with Crippen LogP contribution >= 0.6 is 11.6 Å². The zero-order chi connectivity index (χ0) is 65.9. The number of carbonyl (C=O) groups excluding carboxylic acids is 3. The molecule has 0 saturated carbocycles. The minimum atomic E-state index is -1.03. The van der Waals surface area contributed by atoms with Crippen molar-refractivity contribution in [1.29, 1.82) is 0 Å². The third kappa shape index (κ3) is 52.3. The number of alkyl halides is 1. The van der Waals surface area contributed by atoms with E-state index < -0.39 is 27.8 Å². The Morgan fingerprint density at radius 1 is 0.577 bits per heavy atom. The van der Waals surface area contributed by atoms with Gasteiger partial charge in [0.1, 0.15) is 97.5 Å². The standard InChI is InChI=1S/C13H10F2O.C11H22N2O2Si.C11H20N2O2Si.C9H16N2O2.C9H14N2O2.C5H6N2O.C4H9ClO.6CH4.B.2Na.2H/c14-11-6-12(15)8-13(7-11)16-9-10-4-2-1-3-5-10;2*1-10-12-7-11(8-14)13(10)9-15-5-6-16(2,3)4;2*1-3-4-13-7-11-5-9(6-12)10-8(11)2;1-4-6-2-5(3-8)7-4;1-2-3-6-4-5;;;;;;;;;;;/h1-8H,9H2;7,14H,5-6,8-9H2,1-4H3;7-8H,5-6,9H2,1-4H3;5,12H,3-4,6-7H2,1-2H3;5-6H,3-4,7H2,1-2H3;2-3H,1H3,(H,6,7);2-4H2,1H3;6*1H4;;;;;/q;;;;;;;;;;;;;;2*+1;2*-1. The van der Waals surface area contributed by atoms with Crippen LogP contribution in [0.4, 0.5) is 8.78 Å². The Morgan fingerprint density at radius 2 is 1.05 bits per heavy atom. The van der Waals surface area contributed by atoms with E-state index in [0.717, 1.165) is 142 Å². The normalized spacial score (nSPS) is 9.72. The average molecular weight is 1440 g/mol. The van der Waals surface area contributed by atoms with Crippen molar-refractivity contribution in [3.05, 3.63) is 154 Å². The number of aryl methyl sites for hydroxylation is 5. The van der Waals surface area contributed by atoms with Crippen LogP contribution in [0, 0.1) is 46.3 Å². The zero-order valence-electron chi connectivity index (χ0n) is 58.8. The van der Waals surface area contributed by atoms with E-state index in [1.165, 1.54) is 6.20 Å². The van der Waals surface area contributed by atoms with Crippen LogP contribution in [-0.2, 0) is 70.4 Å². The van der Waals surface area contributed by atoms with E-state index in [0.29, 0.717) is 62.4 Å². The Kier molecular flexibility index (Phi) is 74.5. The van der Waals surface area contributed by atoms with Gasteiger partial charge in [0.05, 0.1) is 48.9 Å². The number of benzene rings is 2. The van der Waals surface area contributed by atoms with Gasteiger partial charge in [-0.05, 0) is 71.5 Å². The molecule has 7 rings (SSSR count). The molecule has 21 nitrogen and oxygen atoms in total. The smallest absolute Gasteiger partial charge is 1.00 e. The Labute approximate surface area is 638 Å². The van der Waals surface area contributed by atoms with E-state index in [2.05, 4.69) is 83.0 Å². The van der Waals surface area contributed by atoms with Crippen molar-refractivity contribution in [3.8, 4) is 5.75 Å². The second-order valence-electron chi connectivity index (χ2n) is 22.1. The Morgan fingerprint density at radius 3 is 1.45 bits per heavy atom. The number of halogens is 3. The third-order valence-electron chi connectivity index (χ3n) is 11.8. The fourth-order valence-corrected chi connectivity index (χ4v) is 8.42. The molecular weight excluding hydrogens is 1320 g/mol. The summed E-state index contributed by atoms with van der Waals surface area (Å²) in [4.78, 5) is 54.0. The quantitative estimate of drug-likeness (QED) is 0.0171. The number of nitrogens with one attached hydrogen (secondary N) is 1. The Hall–Kier alpha value is -4.33. The molecule has 0 saturated heterocycles. The van der Waals surface area contributed by atoms with Gasteiger partial charge in [-0.15, -0.1) is 0 Å². The summed E-state index contributed by atoms with van der Waals surface area (Å²) in [5.41, 5.74) is 4.01. The van der Waals surface area contributed by atoms with Gasteiger partial charge in [0.25, 0.3) is 0 Å². The average Bonchev–Trinajstić information content (AvgIpc) is 1.83. The van der Waals surface area contributed by atoms with Gasteiger partial charge in [-0.3, -0.25) is 14.4 Å². The van der Waals surface area contributed by atoms with Crippen LogP contribution in [0.25, 0.3) is 0 Å². The first-order valence-corrected chi connectivity index (χ1v) is 37.1. The summed E-state index contributed by atoms with van der Waals surface area (Å²) in [7, 11) is -2.05. The fourth-order valence-electron chi connectivity index (χ4n) is 6.80. The summed E-state index contributed by atoms with van der Waals surface area (Å²) in [6.07, 6.45) is 13.6. The van der Waals surface area contributed by atoms with Crippen molar-refractivity contribution in [2.45, 2.75) is 217 Å². The van der Waals surface area contributed by atoms with Crippen molar-refractivity contribution < 1.29 is 124 Å². The number of aromatic amines is 1. The maximum absolute atomic E-state index is 12.8. The van der Waals surface area contributed by atoms with Gasteiger partial charge >= 0.3 is 59.1 Å². The zero-order valence-corrected chi connectivity index (χ0v) is 63.5. The van der Waals surface area contributed by atoms with E-state index in [1.54, 1.807) is 30.1 Å². The van der Waals surface area contributed by atoms with Gasteiger partial charge in [-0.25, -0.2) is 33.7 Å². The topological polar surface area (TPSA) is 247 Å². The molecule has 5 aromatic heterocycles. The van der Waals surface area contributed by atoms with E-state index in [9.17, 15) is 23.2 Å². The summed E-state index contributed by atoms with van der Waals surface area (Å²) in [5, 5.41) is 17.9. The molecule has 7 aromatic rings. The number of carbonyl (C=O) groups is 3. The second kappa shape index (κ2) is 65.0. The molecule has 0 unspecified atom stereocenters. The molecule has 3 N–H and O–H groups in total. The van der Waals surface area contributed by atoms with Gasteiger partial charge in [0.15, 0.2) is 18.9 Å². The molecule has 29 heteroatoms. The van der Waals surface area contributed by atoms with Crippen molar-refractivity contribution >= 4 is 55.0 Å². The van der Waals surface area contributed by atoms with E-state index in [4.69, 9.17) is 50.2 Å². The van der Waals surface area contributed by atoms with Crippen molar-refractivity contribution in [2.75, 3.05) is 39.1 Å². The number of hydrogen-bond acceptors (Lipinski definition) is 16. The minimum absolute atomic E-state index is 0. The number of rotatable bonds is 29. The molecule has 0 aliphatic carbocycles. The fraction of sp³-hybridized carbons (Fsp3) is 0.559. The molecule has 0 atom stereocenters. The van der Waals surface area contributed by atoms with Gasteiger partial charge in [0, 0.05) is 88.2 Å². The molecule has 2 aromatic carbocycles. The summed E-state index contributed by atoms with van der Waals surface area (Å²) < 4.78 is 65.0. The second-order valence-corrected chi connectivity index (χ2v) is 33.5. The minimum Gasteiger partial charge on any atom is -1.00 e. The molecule has 545 valence electrons. The first-order valence-electron chi connectivity index (χ1n) is 29.2. The van der Waals surface area contributed by atoms with Crippen molar-refractivity contribution in [3.63, 3.8) is 0 Å². The number of ether oxygens (including phenoxy) is 6. The van der Waals surface area contributed by atoms with Crippen LogP contribution in [0.5, 0.6) is 5.75 Å². The molecule has 0 spiro atoms. The van der Waals surface area contributed by atoms with Gasteiger partial charge < -0.3 is 64.7 Å². The number of aromatic nitrogens is 10. The number of hydrogen-bond donors (Lipinski definition) is 3. The van der Waals surface area contributed by atoms with E-state index in [-0.39, 0.29) is 134 Å². The molecule has 97 heavy (non-hydrogen) atoms. The summed E-state index contributed by atoms with van der Waals surface area (Å²) in [6, 6.07) is 15.2. The van der Waals surface area contributed by atoms with Crippen molar-refractivity contribution in [1.82, 2.24) is 48.2 Å². The van der Waals surface area contributed by atoms with Crippen LogP contribution < -0.4 is 63.9 Å². The number of aliphatic hydroxyl groups is 2. The third-order valence-corrected chi connectivity index (χ3v) is 15.3. The van der Waals surface area contributed by atoms with Crippen LogP contribution in [0.2, 0.25) is 51.4 Å². The molecule has 0 fully saturated rings. The summed E-state index contributed by atoms with van der Waals surface area (Å²) >= 11 is 5.16. The van der Waals surface area contributed by atoms with Crippen LogP contribution in [-0.4, -0.2) is 141 Å². The van der Waals surface area contributed by atoms with Crippen LogP contribution in [0.1, 0.15) is 165 Å². The summed E-state index contributed by atoms with van der Waals surface area (Å²) in [6.45, 7) is 35.5. The first kappa shape index (κ1) is 111. The van der Waals surface area contributed by atoms with E-state index >= 15 is 0 Å². The predicted molar refractivity (Wildman–Crippen MR) is 392 cm³/mol. The number of H-pyrrole nitrogens is 1. The summed E-state index contributed by atoms with van der Waals surface area (Å²) in [5.74, 6) is 3.07. The SMILES string of the molecule is C.C.C.C.C.C.CCCOCCl.CCCOCn1cc(C=O)nc1C.CCCOCn1cc(CO)nc1C.Cc1ncc(C=O)[nH]1.Cc1ncc(C=O)n1COCC[Si](C)(C)C.Cc1ncc(CO)n1COCC[Si](C)(C)C.Fc1cc(F)cc(OCc2ccccc2)c1.[B].[H-].[H-].[Na+].[Na+]. The molecule has 0 amide bonds. The molecule has 0 aliphatic heterocycles. The maximum Gasteiger partial charge on any atom is 1.00 e. The Balaban J connectivity index is -0.000000101. The van der Waals surface area contributed by atoms with Gasteiger partial charge in [0.2, 0.25) is 0 Å². The monoisotopic (exact) mass is 1440 g/mol. The predicted octanol–water partition coefficient (Wildman–Crippen LogP) is 10.1. The van der Waals surface area contributed by atoms with Gasteiger partial charge in [-0.1, -0.05) is 147 Å². The molecule has 0 aliphatic rings. The number of aliphatic hydroxyl groups excluding tert-OH is 2. The van der Waals surface area contributed by atoms with Gasteiger partial charge in [-0.2, -0.15) is 0 Å². The number of aldehydes is 3. The number of imidazole rings is 5. The molecule has 0 bridgehead atoms.